The molecule has 0 aliphatic carbocycles. The van der Waals surface area contributed by atoms with Crippen LogP contribution in [0.4, 0.5) is 5.69 Å². The van der Waals surface area contributed by atoms with E-state index in [1.165, 1.54) is 0 Å². The van der Waals surface area contributed by atoms with Crippen LogP contribution in [0.2, 0.25) is 0 Å². The fourth-order valence-corrected chi connectivity index (χ4v) is 3.02. The van der Waals surface area contributed by atoms with Crippen molar-refractivity contribution in [2.45, 2.75) is 18.2 Å². The van der Waals surface area contributed by atoms with Gasteiger partial charge in [0.1, 0.15) is 12.6 Å². The standard InChI is InChI=1S/C13H14N4O4/c14-5-9-1-2-11-10(3-9)4-13(20-15-7-16-21-13)12-6-18-19-8-17(11)12/h1-3,12,15-16H,4,6-8H2. The van der Waals surface area contributed by atoms with Gasteiger partial charge in [-0.05, 0) is 23.8 Å². The zero-order chi connectivity index (χ0) is 14.3. The third kappa shape index (κ3) is 1.99. The molecule has 3 aliphatic heterocycles. The molecule has 4 rings (SSSR count). The molecular weight excluding hydrogens is 276 g/mol. The molecule has 1 atom stereocenters. The van der Waals surface area contributed by atoms with E-state index < -0.39 is 5.79 Å². The van der Waals surface area contributed by atoms with Gasteiger partial charge >= 0.3 is 0 Å². The number of anilines is 1. The van der Waals surface area contributed by atoms with E-state index in [0.717, 1.165) is 11.3 Å². The first-order valence-electron chi connectivity index (χ1n) is 6.68. The summed E-state index contributed by atoms with van der Waals surface area (Å²) in [5, 5.41) is 9.08. The van der Waals surface area contributed by atoms with Gasteiger partial charge in [-0.2, -0.15) is 16.2 Å². The number of rotatable bonds is 0. The maximum absolute atomic E-state index is 9.08. The zero-order valence-electron chi connectivity index (χ0n) is 11.2. The Hall–Kier alpha value is -1.73. The zero-order valence-corrected chi connectivity index (χ0v) is 11.2. The Morgan fingerprint density at radius 1 is 1.29 bits per heavy atom. The molecule has 21 heavy (non-hydrogen) atoms. The number of benzene rings is 1. The van der Waals surface area contributed by atoms with Crippen LogP contribution in [0.5, 0.6) is 0 Å². The summed E-state index contributed by atoms with van der Waals surface area (Å²) < 4.78 is 0. The molecule has 0 bridgehead atoms. The number of nitrogens with zero attached hydrogens (tertiary/aromatic N) is 2. The molecule has 1 spiro atoms. The molecule has 0 saturated carbocycles. The highest BCUT2D eigenvalue weighted by Crippen LogP contribution is 2.40. The van der Waals surface area contributed by atoms with Gasteiger partial charge in [-0.1, -0.05) is 0 Å². The van der Waals surface area contributed by atoms with Crippen molar-refractivity contribution >= 4 is 5.69 Å². The normalized spacial score (nSPS) is 26.8. The lowest BCUT2D eigenvalue weighted by molar-refractivity contribution is -0.382. The molecule has 1 aromatic carbocycles. The fraction of sp³-hybridized carbons (Fsp3) is 0.462. The summed E-state index contributed by atoms with van der Waals surface area (Å²) in [5.41, 5.74) is 8.21. The third-order valence-corrected chi connectivity index (χ3v) is 3.97. The smallest absolute Gasteiger partial charge is 0.232 e. The van der Waals surface area contributed by atoms with Crippen molar-refractivity contribution < 1.29 is 19.5 Å². The van der Waals surface area contributed by atoms with Crippen LogP contribution in [0, 0.1) is 11.3 Å². The predicted octanol–water partition coefficient (Wildman–Crippen LogP) is -0.0815. The first kappa shape index (κ1) is 13.0. The number of hydroxylamine groups is 2. The Kier molecular flexibility index (Phi) is 3.04. The number of nitrogens with one attached hydrogen (secondary N) is 2. The lowest BCUT2D eigenvalue weighted by atomic mass is 9.89. The van der Waals surface area contributed by atoms with Crippen LogP contribution in [-0.2, 0) is 25.9 Å². The van der Waals surface area contributed by atoms with E-state index in [1.54, 1.807) is 6.07 Å². The summed E-state index contributed by atoms with van der Waals surface area (Å²) in [5.74, 6) is -0.927. The van der Waals surface area contributed by atoms with E-state index in [0.29, 0.717) is 25.3 Å². The summed E-state index contributed by atoms with van der Waals surface area (Å²) in [6.07, 6.45) is 0.502. The van der Waals surface area contributed by atoms with Crippen LogP contribution in [0.1, 0.15) is 11.1 Å². The predicted molar refractivity (Wildman–Crippen MR) is 69.1 cm³/mol. The maximum atomic E-state index is 9.08. The quantitative estimate of drug-likeness (QED) is 0.641. The molecule has 2 saturated heterocycles. The lowest BCUT2D eigenvalue weighted by Crippen LogP contribution is -2.69. The summed E-state index contributed by atoms with van der Waals surface area (Å²) in [4.78, 5) is 23.7. The van der Waals surface area contributed by atoms with Crippen molar-refractivity contribution in [1.82, 2.24) is 11.0 Å². The van der Waals surface area contributed by atoms with Gasteiger partial charge in [0.05, 0.1) is 18.3 Å². The molecule has 8 heteroatoms. The third-order valence-electron chi connectivity index (χ3n) is 3.97. The number of nitriles is 1. The van der Waals surface area contributed by atoms with Gasteiger partial charge in [-0.3, -0.25) is 9.68 Å². The molecule has 1 aromatic rings. The SMILES string of the molecule is N#Cc1ccc2c(c1)CC1(ONCNO1)C1COOCN21. The van der Waals surface area contributed by atoms with Crippen LogP contribution in [0.15, 0.2) is 18.2 Å². The molecule has 0 aromatic heterocycles. The van der Waals surface area contributed by atoms with E-state index >= 15 is 0 Å². The minimum atomic E-state index is -0.927. The highest BCUT2D eigenvalue weighted by Gasteiger charge is 2.53. The van der Waals surface area contributed by atoms with Gasteiger partial charge in [0.2, 0.25) is 5.79 Å². The lowest BCUT2D eigenvalue weighted by Gasteiger charge is -2.51. The fourth-order valence-electron chi connectivity index (χ4n) is 3.02. The molecule has 8 nitrogen and oxygen atoms in total. The highest BCUT2D eigenvalue weighted by molar-refractivity contribution is 5.60. The molecule has 0 amide bonds. The second-order valence-electron chi connectivity index (χ2n) is 5.13. The average Bonchev–Trinajstić information content (AvgIpc) is 2.55. The van der Waals surface area contributed by atoms with Crippen LogP contribution in [-0.4, -0.2) is 31.8 Å². The monoisotopic (exact) mass is 290 g/mol. The minimum Gasteiger partial charge on any atom is -0.335 e. The molecule has 0 radical (unpaired) electrons. The number of hydrogen-bond acceptors (Lipinski definition) is 8. The molecule has 2 N–H and O–H groups in total. The maximum Gasteiger partial charge on any atom is 0.232 e. The van der Waals surface area contributed by atoms with Gasteiger partial charge in [0, 0.05) is 12.1 Å². The summed E-state index contributed by atoms with van der Waals surface area (Å²) in [6.45, 7) is 0.998. The average molecular weight is 290 g/mol. The Labute approximate surface area is 121 Å². The van der Waals surface area contributed by atoms with Crippen molar-refractivity contribution in [3.8, 4) is 6.07 Å². The van der Waals surface area contributed by atoms with Gasteiger partial charge in [0.15, 0.2) is 6.73 Å². The molecule has 110 valence electrons. The Morgan fingerprint density at radius 3 is 2.95 bits per heavy atom. The van der Waals surface area contributed by atoms with Crippen molar-refractivity contribution in [1.29, 1.82) is 5.26 Å². The van der Waals surface area contributed by atoms with Crippen LogP contribution in [0.3, 0.4) is 0 Å². The van der Waals surface area contributed by atoms with Gasteiger partial charge < -0.3 is 4.90 Å². The largest absolute Gasteiger partial charge is 0.335 e. The van der Waals surface area contributed by atoms with Crippen LogP contribution < -0.4 is 15.9 Å². The highest BCUT2D eigenvalue weighted by atomic mass is 17.2. The van der Waals surface area contributed by atoms with E-state index in [4.69, 9.17) is 24.7 Å². The van der Waals surface area contributed by atoms with Crippen molar-refractivity contribution in [3.05, 3.63) is 29.3 Å². The van der Waals surface area contributed by atoms with Gasteiger partial charge in [-0.15, -0.1) is 0 Å². The molecule has 1 unspecified atom stereocenters. The Morgan fingerprint density at radius 2 is 2.14 bits per heavy atom. The Bertz CT molecular complexity index is 596. The molecule has 3 aliphatic rings. The number of hydrogen-bond donors (Lipinski definition) is 2. The first-order valence-corrected chi connectivity index (χ1v) is 6.68. The Balaban J connectivity index is 1.79. The van der Waals surface area contributed by atoms with Gasteiger partial charge in [-0.25, -0.2) is 9.78 Å². The summed E-state index contributed by atoms with van der Waals surface area (Å²) >= 11 is 0. The summed E-state index contributed by atoms with van der Waals surface area (Å²) in [6, 6.07) is 7.56. The topological polar surface area (TPSA) is 88.0 Å². The molecule has 2 fully saturated rings. The second kappa shape index (κ2) is 4.92. The van der Waals surface area contributed by atoms with Crippen molar-refractivity contribution in [3.63, 3.8) is 0 Å². The van der Waals surface area contributed by atoms with Crippen molar-refractivity contribution in [2.24, 2.45) is 0 Å². The minimum absolute atomic E-state index is 0.160. The first-order chi connectivity index (χ1) is 10.3. The molecular formula is C13H14N4O4. The van der Waals surface area contributed by atoms with E-state index in [2.05, 4.69) is 17.0 Å². The number of fused-ring (bicyclic) bond motifs is 4. The van der Waals surface area contributed by atoms with Crippen LogP contribution in [0.25, 0.3) is 0 Å². The second-order valence-corrected chi connectivity index (χ2v) is 5.13. The van der Waals surface area contributed by atoms with E-state index in [1.807, 2.05) is 17.0 Å². The van der Waals surface area contributed by atoms with E-state index in [-0.39, 0.29) is 12.8 Å². The van der Waals surface area contributed by atoms with E-state index in [9.17, 15) is 0 Å². The van der Waals surface area contributed by atoms with Crippen molar-refractivity contribution in [2.75, 3.05) is 24.9 Å². The summed E-state index contributed by atoms with van der Waals surface area (Å²) in [7, 11) is 0. The van der Waals surface area contributed by atoms with Crippen LogP contribution >= 0.6 is 0 Å². The van der Waals surface area contributed by atoms with Gasteiger partial charge in [0.25, 0.3) is 0 Å². The molecule has 3 heterocycles.